The van der Waals surface area contributed by atoms with Gasteiger partial charge in [-0.05, 0) is 26.8 Å². The van der Waals surface area contributed by atoms with E-state index in [2.05, 4.69) is 0 Å². The fourth-order valence-electron chi connectivity index (χ4n) is 2.62. The summed E-state index contributed by atoms with van der Waals surface area (Å²) in [5.41, 5.74) is -2.61. The number of ether oxygens (including phenoxy) is 1. The summed E-state index contributed by atoms with van der Waals surface area (Å²) in [5.74, 6) is 0. The topological polar surface area (TPSA) is 75.9 Å². The standard InChI is InChI=1S/C16H19ClF3N3O4/c1-15(2,3)27-14(24)22-6-4-21(5-7-22)12-9-11(17)10(16(18,19)20)8-13(12)23(25)26/h8-9H,4-7H2,1-3H3. The highest BCUT2D eigenvalue weighted by molar-refractivity contribution is 6.31. The van der Waals surface area contributed by atoms with Crippen molar-refractivity contribution in [1.82, 2.24) is 4.90 Å². The van der Waals surface area contributed by atoms with Crippen molar-refractivity contribution in [3.8, 4) is 0 Å². The number of carbonyl (C=O) groups excluding carboxylic acids is 1. The first-order chi connectivity index (χ1) is 12.3. The van der Waals surface area contributed by atoms with Crippen LogP contribution in [0.5, 0.6) is 0 Å². The summed E-state index contributed by atoms with van der Waals surface area (Å²) in [7, 11) is 0. The van der Waals surface area contributed by atoms with E-state index in [1.54, 1.807) is 20.8 Å². The number of nitro groups is 1. The van der Waals surface area contributed by atoms with Gasteiger partial charge >= 0.3 is 12.3 Å². The molecule has 0 spiro atoms. The molecule has 0 radical (unpaired) electrons. The maximum Gasteiger partial charge on any atom is 0.418 e. The van der Waals surface area contributed by atoms with Gasteiger partial charge in [0.05, 0.1) is 15.5 Å². The molecule has 0 saturated carbocycles. The summed E-state index contributed by atoms with van der Waals surface area (Å²) in [6.45, 7) is 6.01. The average Bonchev–Trinajstić information content (AvgIpc) is 2.51. The van der Waals surface area contributed by atoms with E-state index in [4.69, 9.17) is 16.3 Å². The fraction of sp³-hybridized carbons (Fsp3) is 0.562. The average molecular weight is 410 g/mol. The molecule has 0 atom stereocenters. The molecule has 1 aromatic carbocycles. The number of rotatable bonds is 2. The van der Waals surface area contributed by atoms with Gasteiger partial charge in [-0.3, -0.25) is 10.1 Å². The van der Waals surface area contributed by atoms with Crippen molar-refractivity contribution < 1.29 is 27.6 Å². The number of hydrogen-bond acceptors (Lipinski definition) is 5. The minimum atomic E-state index is -4.80. The number of carbonyl (C=O) groups is 1. The van der Waals surface area contributed by atoms with E-state index in [1.807, 2.05) is 0 Å². The second kappa shape index (κ2) is 7.41. The number of nitro benzene ring substituents is 1. The van der Waals surface area contributed by atoms with Gasteiger partial charge in [0.15, 0.2) is 0 Å². The Bertz CT molecular complexity index is 742. The summed E-state index contributed by atoms with van der Waals surface area (Å²) in [5, 5.41) is 10.7. The van der Waals surface area contributed by atoms with E-state index in [9.17, 15) is 28.1 Å². The number of amides is 1. The second-order valence-electron chi connectivity index (χ2n) is 7.03. The quantitative estimate of drug-likeness (QED) is 0.537. The van der Waals surface area contributed by atoms with Crippen LogP contribution < -0.4 is 4.90 Å². The van der Waals surface area contributed by atoms with Crippen LogP contribution in [0.3, 0.4) is 0 Å². The molecule has 1 aliphatic heterocycles. The van der Waals surface area contributed by atoms with Crippen LogP contribution in [0.25, 0.3) is 0 Å². The number of halogens is 4. The molecule has 1 aliphatic rings. The van der Waals surface area contributed by atoms with Crippen LogP contribution in [0.4, 0.5) is 29.3 Å². The van der Waals surface area contributed by atoms with Gasteiger partial charge in [-0.1, -0.05) is 11.6 Å². The van der Waals surface area contributed by atoms with Crippen molar-refractivity contribution in [2.75, 3.05) is 31.1 Å². The summed E-state index contributed by atoms with van der Waals surface area (Å²) in [6, 6.07) is 1.39. The smallest absolute Gasteiger partial charge is 0.418 e. The normalized spacial score (nSPS) is 15.7. The first-order valence-electron chi connectivity index (χ1n) is 8.07. The number of piperazine rings is 1. The molecule has 0 bridgehead atoms. The largest absolute Gasteiger partial charge is 0.444 e. The SMILES string of the molecule is CC(C)(C)OC(=O)N1CCN(c2cc(Cl)c(C(F)(F)F)cc2[N+](=O)[O-])CC1. The third kappa shape index (κ3) is 5.15. The summed E-state index contributed by atoms with van der Waals surface area (Å²) in [6.07, 6.45) is -5.31. The third-order valence-corrected chi connectivity index (χ3v) is 4.15. The maximum absolute atomic E-state index is 13.0. The second-order valence-corrected chi connectivity index (χ2v) is 7.44. The molecule has 1 saturated heterocycles. The predicted octanol–water partition coefficient (Wildman–Crippen LogP) is 4.32. The van der Waals surface area contributed by atoms with Crippen molar-refractivity contribution in [2.45, 2.75) is 32.5 Å². The van der Waals surface area contributed by atoms with Crippen LogP contribution in [0.1, 0.15) is 26.3 Å². The van der Waals surface area contributed by atoms with E-state index in [1.165, 1.54) is 9.80 Å². The molecule has 1 heterocycles. The molecule has 0 aliphatic carbocycles. The number of nitrogens with zero attached hydrogens (tertiary/aromatic N) is 3. The van der Waals surface area contributed by atoms with Crippen molar-refractivity contribution in [1.29, 1.82) is 0 Å². The summed E-state index contributed by atoms with van der Waals surface area (Å²) >= 11 is 5.71. The first-order valence-corrected chi connectivity index (χ1v) is 8.45. The molecule has 11 heteroatoms. The summed E-state index contributed by atoms with van der Waals surface area (Å²) in [4.78, 5) is 25.4. The van der Waals surface area contributed by atoms with Crippen LogP contribution in [0.15, 0.2) is 12.1 Å². The van der Waals surface area contributed by atoms with Crippen molar-refractivity contribution in [3.63, 3.8) is 0 Å². The first kappa shape index (κ1) is 21.1. The van der Waals surface area contributed by atoms with E-state index >= 15 is 0 Å². The lowest BCUT2D eigenvalue weighted by Crippen LogP contribution is -2.50. The molecule has 7 nitrogen and oxygen atoms in total. The molecule has 0 aromatic heterocycles. The maximum atomic E-state index is 13.0. The van der Waals surface area contributed by atoms with E-state index in [0.29, 0.717) is 6.07 Å². The van der Waals surface area contributed by atoms with Crippen molar-refractivity contribution in [2.24, 2.45) is 0 Å². The number of alkyl halides is 3. The molecule has 2 rings (SSSR count). The van der Waals surface area contributed by atoms with Gasteiger partial charge in [-0.25, -0.2) is 4.79 Å². The molecular formula is C16H19ClF3N3O4. The highest BCUT2D eigenvalue weighted by Crippen LogP contribution is 2.41. The van der Waals surface area contributed by atoms with Crippen molar-refractivity contribution >= 4 is 29.1 Å². The fourth-order valence-corrected chi connectivity index (χ4v) is 2.89. The number of benzene rings is 1. The van der Waals surface area contributed by atoms with Crippen molar-refractivity contribution in [3.05, 3.63) is 32.8 Å². The highest BCUT2D eigenvalue weighted by atomic mass is 35.5. The van der Waals surface area contributed by atoms with Gasteiger partial charge in [0, 0.05) is 32.2 Å². The molecule has 1 amide bonds. The highest BCUT2D eigenvalue weighted by Gasteiger charge is 2.37. The third-order valence-electron chi connectivity index (χ3n) is 3.84. The molecule has 27 heavy (non-hydrogen) atoms. The van der Waals surface area contributed by atoms with Gasteiger partial charge < -0.3 is 14.5 Å². The minimum Gasteiger partial charge on any atom is -0.444 e. The lowest BCUT2D eigenvalue weighted by atomic mass is 10.1. The Morgan fingerprint density at radius 2 is 1.74 bits per heavy atom. The monoisotopic (exact) mass is 409 g/mol. The Morgan fingerprint density at radius 1 is 1.19 bits per heavy atom. The molecule has 0 unspecified atom stereocenters. The van der Waals surface area contributed by atoms with Gasteiger partial charge in [0.1, 0.15) is 11.3 Å². The van der Waals surface area contributed by atoms with Crippen LogP contribution >= 0.6 is 11.6 Å². The lowest BCUT2D eigenvalue weighted by Gasteiger charge is -2.36. The Kier molecular flexibility index (Phi) is 5.79. The van der Waals surface area contributed by atoms with Gasteiger partial charge in [0.2, 0.25) is 0 Å². The Balaban J connectivity index is 2.22. The minimum absolute atomic E-state index is 0.0122. The lowest BCUT2D eigenvalue weighted by molar-refractivity contribution is -0.384. The zero-order chi connectivity index (χ0) is 20.6. The molecule has 150 valence electrons. The predicted molar refractivity (Wildman–Crippen MR) is 93.1 cm³/mol. The zero-order valence-corrected chi connectivity index (χ0v) is 15.7. The van der Waals surface area contributed by atoms with E-state index in [-0.39, 0.29) is 31.9 Å². The zero-order valence-electron chi connectivity index (χ0n) is 15.0. The number of hydrogen-bond donors (Lipinski definition) is 0. The molecule has 1 fully saturated rings. The van der Waals surface area contributed by atoms with E-state index < -0.39 is 39.1 Å². The van der Waals surface area contributed by atoms with Gasteiger partial charge in [0.25, 0.3) is 5.69 Å². The Hall–Kier alpha value is -2.23. The molecule has 0 N–H and O–H groups in total. The molecular weight excluding hydrogens is 391 g/mol. The van der Waals surface area contributed by atoms with Crippen LogP contribution in [-0.2, 0) is 10.9 Å². The van der Waals surface area contributed by atoms with Gasteiger partial charge in [-0.2, -0.15) is 13.2 Å². The molecule has 1 aromatic rings. The number of anilines is 1. The summed E-state index contributed by atoms with van der Waals surface area (Å²) < 4.78 is 44.2. The Labute approximate surface area is 158 Å². The van der Waals surface area contributed by atoms with Crippen LogP contribution in [-0.4, -0.2) is 47.7 Å². The van der Waals surface area contributed by atoms with Gasteiger partial charge in [-0.15, -0.1) is 0 Å². The van der Waals surface area contributed by atoms with Crippen LogP contribution in [0.2, 0.25) is 5.02 Å². The van der Waals surface area contributed by atoms with Crippen LogP contribution in [0, 0.1) is 10.1 Å². The Morgan fingerprint density at radius 3 is 2.19 bits per heavy atom. The van der Waals surface area contributed by atoms with E-state index in [0.717, 1.165) is 6.07 Å².